The zero-order chi connectivity index (χ0) is 15.2. The van der Waals surface area contributed by atoms with Crippen LogP contribution < -0.4 is 0 Å². The summed E-state index contributed by atoms with van der Waals surface area (Å²) in [6.07, 6.45) is 5.18. The topological polar surface area (TPSA) is 17.1 Å². The van der Waals surface area contributed by atoms with Crippen LogP contribution in [0.2, 0.25) is 0 Å². The molecule has 0 aliphatic heterocycles. The Balaban J connectivity index is 5.35. The highest BCUT2D eigenvalue weighted by Gasteiger charge is 2.09. The maximum atomic E-state index is 12.3. The normalized spacial score (nSPS) is 11.8. The van der Waals surface area contributed by atoms with Crippen molar-refractivity contribution in [3.8, 4) is 0 Å². The van der Waals surface area contributed by atoms with Gasteiger partial charge in [-0.3, -0.25) is 4.79 Å². The summed E-state index contributed by atoms with van der Waals surface area (Å²) in [5.41, 5.74) is 5.14. The van der Waals surface area contributed by atoms with Gasteiger partial charge in [-0.2, -0.15) is 0 Å². The van der Waals surface area contributed by atoms with Crippen LogP contribution in [0, 0.1) is 0 Å². The van der Waals surface area contributed by atoms with Gasteiger partial charge in [-0.15, -0.1) is 0 Å². The van der Waals surface area contributed by atoms with Gasteiger partial charge in [0, 0.05) is 11.1 Å². The molecule has 0 aromatic heterocycles. The average Bonchev–Trinajstić information content (AvgIpc) is 2.34. The number of rotatable bonds is 6. The summed E-state index contributed by atoms with van der Waals surface area (Å²) >= 11 is 0. The van der Waals surface area contributed by atoms with Gasteiger partial charge in [0.1, 0.15) is 0 Å². The van der Waals surface area contributed by atoms with Crippen molar-refractivity contribution in [2.24, 2.45) is 0 Å². The average molecular weight is 256 g/mol. The van der Waals surface area contributed by atoms with E-state index in [0.717, 1.165) is 16.7 Å². The molecule has 0 saturated heterocycles. The van der Waals surface area contributed by atoms with Crippen LogP contribution in [0.1, 0.15) is 34.6 Å². The van der Waals surface area contributed by atoms with E-state index in [-0.39, 0.29) is 5.78 Å². The van der Waals surface area contributed by atoms with E-state index in [0.29, 0.717) is 11.1 Å². The molecule has 0 aromatic carbocycles. The van der Waals surface area contributed by atoms with Crippen LogP contribution in [0.4, 0.5) is 0 Å². The van der Waals surface area contributed by atoms with Crippen LogP contribution in [0.15, 0.2) is 71.4 Å². The van der Waals surface area contributed by atoms with Crippen molar-refractivity contribution >= 4 is 5.78 Å². The van der Waals surface area contributed by atoms with Gasteiger partial charge in [-0.25, -0.2) is 0 Å². The first kappa shape index (κ1) is 17.1. The number of hydrogen-bond acceptors (Lipinski definition) is 1. The van der Waals surface area contributed by atoms with Crippen LogP contribution in [0.5, 0.6) is 0 Å². The van der Waals surface area contributed by atoms with E-state index < -0.39 is 0 Å². The fourth-order valence-corrected chi connectivity index (χ4v) is 1.23. The standard InChI is InChI=1S/C18H24O/c1-9-17(11-15(7)13(4)5)18(19)16(8)10-14(6)12(2)3/h9-11H,1-2,8H2,3-7H3/b14-10-,17-11+. The van der Waals surface area contributed by atoms with E-state index in [4.69, 9.17) is 0 Å². The first-order valence-corrected chi connectivity index (χ1v) is 6.26. The summed E-state index contributed by atoms with van der Waals surface area (Å²) in [6.45, 7) is 21.2. The molecule has 0 unspecified atom stereocenters. The summed E-state index contributed by atoms with van der Waals surface area (Å²) in [7, 11) is 0. The first-order chi connectivity index (χ1) is 8.70. The fourth-order valence-electron chi connectivity index (χ4n) is 1.23. The van der Waals surface area contributed by atoms with Crippen LogP contribution in [0.3, 0.4) is 0 Å². The van der Waals surface area contributed by atoms with E-state index in [1.165, 1.54) is 5.57 Å². The Hall–Kier alpha value is -1.89. The third-order valence-electron chi connectivity index (χ3n) is 3.00. The van der Waals surface area contributed by atoms with Crippen molar-refractivity contribution in [3.63, 3.8) is 0 Å². The quantitative estimate of drug-likeness (QED) is 0.477. The molecule has 1 heteroatoms. The molecule has 19 heavy (non-hydrogen) atoms. The van der Waals surface area contributed by atoms with Gasteiger partial charge in [0.15, 0.2) is 5.78 Å². The molecule has 0 aliphatic carbocycles. The molecular weight excluding hydrogens is 232 g/mol. The highest BCUT2D eigenvalue weighted by molar-refractivity contribution is 6.11. The first-order valence-electron chi connectivity index (χ1n) is 6.26. The SMILES string of the molecule is C=C/C(=C\C(C)=C(C)C)C(=O)C(=C)/C=C(/C)C(=C)C. The van der Waals surface area contributed by atoms with Gasteiger partial charge in [-0.1, -0.05) is 42.5 Å². The Labute approximate surface area is 117 Å². The second kappa shape index (κ2) is 7.52. The van der Waals surface area contributed by atoms with Crippen LogP contribution in [-0.4, -0.2) is 5.78 Å². The molecule has 0 rings (SSSR count). The lowest BCUT2D eigenvalue weighted by Crippen LogP contribution is -2.03. The van der Waals surface area contributed by atoms with E-state index in [1.807, 2.05) is 40.7 Å². The van der Waals surface area contributed by atoms with Gasteiger partial charge in [0.2, 0.25) is 0 Å². The molecular formula is C18H24O. The highest BCUT2D eigenvalue weighted by atomic mass is 16.1. The van der Waals surface area contributed by atoms with Crippen LogP contribution >= 0.6 is 0 Å². The van der Waals surface area contributed by atoms with Gasteiger partial charge in [0.25, 0.3) is 0 Å². The van der Waals surface area contributed by atoms with Crippen molar-refractivity contribution in [2.75, 3.05) is 0 Å². The van der Waals surface area contributed by atoms with Crippen molar-refractivity contribution in [1.82, 2.24) is 0 Å². The molecule has 0 radical (unpaired) electrons. The Morgan fingerprint density at radius 3 is 1.84 bits per heavy atom. The Kier molecular flexibility index (Phi) is 6.78. The number of hydrogen-bond donors (Lipinski definition) is 0. The number of allylic oxidation sites excluding steroid dienone is 9. The Bertz CT molecular complexity index is 504. The minimum Gasteiger partial charge on any atom is -0.289 e. The monoisotopic (exact) mass is 256 g/mol. The maximum Gasteiger partial charge on any atom is 0.192 e. The van der Waals surface area contributed by atoms with Gasteiger partial charge < -0.3 is 0 Å². The third-order valence-corrected chi connectivity index (χ3v) is 3.00. The second-order valence-corrected chi connectivity index (χ2v) is 4.95. The summed E-state index contributed by atoms with van der Waals surface area (Å²) < 4.78 is 0. The van der Waals surface area contributed by atoms with E-state index >= 15 is 0 Å². The third kappa shape index (κ3) is 5.52. The van der Waals surface area contributed by atoms with Crippen molar-refractivity contribution in [1.29, 1.82) is 0 Å². The lowest BCUT2D eigenvalue weighted by atomic mass is 9.98. The number of ketones is 1. The molecule has 0 fully saturated rings. The summed E-state index contributed by atoms with van der Waals surface area (Å²) in [4.78, 5) is 12.3. The van der Waals surface area contributed by atoms with Gasteiger partial charge >= 0.3 is 0 Å². The molecule has 0 spiro atoms. The number of carbonyl (C=O) groups excluding carboxylic acids is 1. The van der Waals surface area contributed by atoms with Crippen molar-refractivity contribution < 1.29 is 4.79 Å². The molecule has 1 nitrogen and oxygen atoms in total. The minimum atomic E-state index is -0.101. The Morgan fingerprint density at radius 1 is 0.947 bits per heavy atom. The van der Waals surface area contributed by atoms with Crippen LogP contribution in [0.25, 0.3) is 0 Å². The van der Waals surface area contributed by atoms with Gasteiger partial charge in [0.05, 0.1) is 0 Å². The maximum absolute atomic E-state index is 12.3. The smallest absolute Gasteiger partial charge is 0.192 e. The van der Waals surface area contributed by atoms with Gasteiger partial charge in [-0.05, 0) is 52.3 Å². The number of carbonyl (C=O) groups is 1. The predicted octanol–water partition coefficient (Wildman–Crippen LogP) is 5.10. The predicted molar refractivity (Wildman–Crippen MR) is 85.0 cm³/mol. The lowest BCUT2D eigenvalue weighted by molar-refractivity contribution is -0.111. The zero-order valence-electron chi connectivity index (χ0n) is 12.8. The summed E-state index contributed by atoms with van der Waals surface area (Å²) in [6, 6.07) is 0. The molecule has 0 aromatic rings. The molecule has 0 saturated carbocycles. The lowest BCUT2D eigenvalue weighted by Gasteiger charge is -2.05. The van der Waals surface area contributed by atoms with E-state index in [9.17, 15) is 4.79 Å². The van der Waals surface area contributed by atoms with Crippen LogP contribution in [-0.2, 0) is 4.79 Å². The Morgan fingerprint density at radius 2 is 1.47 bits per heavy atom. The molecule has 102 valence electrons. The molecule has 0 heterocycles. The molecule has 0 atom stereocenters. The molecule has 0 amide bonds. The fraction of sp³-hybridized carbons (Fsp3) is 0.278. The van der Waals surface area contributed by atoms with Crippen molar-refractivity contribution in [2.45, 2.75) is 34.6 Å². The van der Waals surface area contributed by atoms with Crippen molar-refractivity contribution in [3.05, 3.63) is 71.4 Å². The highest BCUT2D eigenvalue weighted by Crippen LogP contribution is 2.15. The molecule has 0 bridgehead atoms. The second-order valence-electron chi connectivity index (χ2n) is 4.95. The van der Waals surface area contributed by atoms with E-state index in [2.05, 4.69) is 19.7 Å². The molecule has 0 N–H and O–H groups in total. The minimum absolute atomic E-state index is 0.101. The summed E-state index contributed by atoms with van der Waals surface area (Å²) in [5, 5.41) is 0. The zero-order valence-corrected chi connectivity index (χ0v) is 12.8. The number of Topliss-reactive ketones (excluding diaryl/α,β-unsaturated/α-hetero) is 1. The largest absolute Gasteiger partial charge is 0.289 e. The molecule has 0 aliphatic rings. The van der Waals surface area contributed by atoms with E-state index in [1.54, 1.807) is 12.2 Å². The summed E-state index contributed by atoms with van der Waals surface area (Å²) in [5.74, 6) is -0.101.